The first kappa shape index (κ1) is 19.4. The Bertz CT molecular complexity index is 1170. The maximum atomic E-state index is 15.1. The first-order valence-corrected chi connectivity index (χ1v) is 9.84. The zero-order chi connectivity index (χ0) is 21.4. The predicted octanol–water partition coefficient (Wildman–Crippen LogP) is 3.67. The van der Waals surface area contributed by atoms with Gasteiger partial charge in [-0.1, -0.05) is 11.6 Å². The second-order valence-corrected chi connectivity index (χ2v) is 8.14. The topological polar surface area (TPSA) is 82.1 Å². The SMILES string of the molecule is CC(C)n1c(N2CCOC3C2C3(F)F)nc2c(F)cc(-c3nc(N)ncc3Cl)cc21. The molecule has 158 valence electrons. The summed E-state index contributed by atoms with van der Waals surface area (Å²) >= 11 is 6.19. The zero-order valence-corrected chi connectivity index (χ0v) is 16.9. The molecule has 30 heavy (non-hydrogen) atoms. The molecule has 0 radical (unpaired) electrons. The molecular formula is C19H18ClF3N6O. The number of morpholine rings is 1. The van der Waals surface area contributed by atoms with E-state index < -0.39 is 23.9 Å². The summed E-state index contributed by atoms with van der Waals surface area (Å²) in [6.07, 6.45) is 0.185. The van der Waals surface area contributed by atoms with Crippen LogP contribution >= 0.6 is 11.6 Å². The Morgan fingerprint density at radius 1 is 1.30 bits per heavy atom. The quantitative estimate of drug-likeness (QED) is 0.672. The highest BCUT2D eigenvalue weighted by atomic mass is 35.5. The van der Waals surface area contributed by atoms with Gasteiger partial charge in [0.25, 0.3) is 5.92 Å². The van der Waals surface area contributed by atoms with E-state index in [4.69, 9.17) is 22.1 Å². The highest BCUT2D eigenvalue weighted by Crippen LogP contribution is 2.51. The monoisotopic (exact) mass is 438 g/mol. The van der Waals surface area contributed by atoms with Gasteiger partial charge in [0, 0.05) is 18.2 Å². The van der Waals surface area contributed by atoms with Crippen LogP contribution in [0.2, 0.25) is 5.02 Å². The fourth-order valence-corrected chi connectivity index (χ4v) is 4.27. The average molecular weight is 439 g/mol. The summed E-state index contributed by atoms with van der Waals surface area (Å²) in [5.74, 6) is -3.27. The Balaban J connectivity index is 1.70. The number of aromatic nitrogens is 4. The van der Waals surface area contributed by atoms with Crippen molar-refractivity contribution < 1.29 is 17.9 Å². The number of hydrogen-bond donors (Lipinski definition) is 1. The van der Waals surface area contributed by atoms with Gasteiger partial charge in [0.2, 0.25) is 11.9 Å². The lowest BCUT2D eigenvalue weighted by atomic mass is 10.1. The molecule has 2 aromatic heterocycles. The van der Waals surface area contributed by atoms with Crippen LogP contribution in [0, 0.1) is 5.82 Å². The van der Waals surface area contributed by atoms with Crippen LogP contribution in [0.3, 0.4) is 0 Å². The molecule has 1 saturated carbocycles. The van der Waals surface area contributed by atoms with Gasteiger partial charge in [-0.25, -0.2) is 28.1 Å². The molecular weight excluding hydrogens is 421 g/mol. The third-order valence-corrected chi connectivity index (χ3v) is 5.73. The molecule has 7 nitrogen and oxygen atoms in total. The fraction of sp³-hybridized carbons (Fsp3) is 0.421. The van der Waals surface area contributed by atoms with Crippen LogP contribution in [0.5, 0.6) is 0 Å². The summed E-state index contributed by atoms with van der Waals surface area (Å²) < 4.78 is 50.3. The van der Waals surface area contributed by atoms with E-state index in [1.54, 1.807) is 10.6 Å². The molecule has 3 heterocycles. The Labute approximate surface area is 174 Å². The van der Waals surface area contributed by atoms with Gasteiger partial charge in [-0.05, 0) is 26.0 Å². The number of alkyl halides is 2. The number of benzene rings is 1. The minimum atomic E-state index is -2.95. The lowest BCUT2D eigenvalue weighted by Crippen LogP contribution is -2.39. The van der Waals surface area contributed by atoms with E-state index in [0.717, 1.165) is 0 Å². The molecule has 2 aliphatic rings. The van der Waals surface area contributed by atoms with Crippen molar-refractivity contribution in [1.82, 2.24) is 19.5 Å². The van der Waals surface area contributed by atoms with Gasteiger partial charge in [-0.3, -0.25) is 0 Å². The van der Waals surface area contributed by atoms with Crippen LogP contribution in [-0.2, 0) is 4.74 Å². The van der Waals surface area contributed by atoms with Crippen LogP contribution in [0.15, 0.2) is 18.3 Å². The third kappa shape index (κ3) is 2.73. The van der Waals surface area contributed by atoms with E-state index in [1.807, 2.05) is 13.8 Å². The highest BCUT2D eigenvalue weighted by molar-refractivity contribution is 6.33. The van der Waals surface area contributed by atoms with E-state index in [1.165, 1.54) is 17.2 Å². The summed E-state index contributed by atoms with van der Waals surface area (Å²) in [7, 11) is 0. The largest absolute Gasteiger partial charge is 0.368 e. The lowest BCUT2D eigenvalue weighted by molar-refractivity contribution is 0.0182. The van der Waals surface area contributed by atoms with Gasteiger partial charge < -0.3 is 19.9 Å². The van der Waals surface area contributed by atoms with Crippen molar-refractivity contribution in [3.05, 3.63) is 29.2 Å². The summed E-state index contributed by atoms with van der Waals surface area (Å²) in [6, 6.07) is 1.68. The van der Waals surface area contributed by atoms with E-state index in [-0.39, 0.29) is 41.4 Å². The maximum absolute atomic E-state index is 15.1. The number of fused-ring (bicyclic) bond motifs is 2. The summed E-state index contributed by atoms with van der Waals surface area (Å²) in [4.78, 5) is 13.9. The van der Waals surface area contributed by atoms with Crippen molar-refractivity contribution in [2.75, 3.05) is 23.8 Å². The van der Waals surface area contributed by atoms with E-state index >= 15 is 4.39 Å². The van der Waals surface area contributed by atoms with Crippen molar-refractivity contribution in [2.24, 2.45) is 0 Å². The third-order valence-electron chi connectivity index (χ3n) is 5.46. The number of imidazole rings is 1. The minimum absolute atomic E-state index is 0.00304. The van der Waals surface area contributed by atoms with Gasteiger partial charge in [-0.15, -0.1) is 0 Å². The Morgan fingerprint density at radius 2 is 2.07 bits per heavy atom. The average Bonchev–Trinajstić information content (AvgIpc) is 3.07. The van der Waals surface area contributed by atoms with Crippen molar-refractivity contribution in [1.29, 1.82) is 0 Å². The Morgan fingerprint density at radius 3 is 2.80 bits per heavy atom. The molecule has 0 bridgehead atoms. The predicted molar refractivity (Wildman–Crippen MR) is 106 cm³/mol. The molecule has 2 N–H and O–H groups in total. The smallest absolute Gasteiger partial charge is 0.298 e. The maximum Gasteiger partial charge on any atom is 0.298 e. The molecule has 2 unspecified atom stereocenters. The van der Waals surface area contributed by atoms with E-state index in [9.17, 15) is 8.78 Å². The summed E-state index contributed by atoms with van der Waals surface area (Å²) in [5.41, 5.74) is 6.88. The van der Waals surface area contributed by atoms with Crippen LogP contribution in [0.1, 0.15) is 19.9 Å². The van der Waals surface area contributed by atoms with Gasteiger partial charge in [0.05, 0.1) is 29.0 Å². The molecule has 3 aromatic rings. The number of nitrogens with zero attached hydrogens (tertiary/aromatic N) is 5. The number of ether oxygens (including phenoxy) is 1. The number of rotatable bonds is 3. The summed E-state index contributed by atoms with van der Waals surface area (Å²) in [5, 5.41) is 0.215. The molecule has 2 fully saturated rings. The molecule has 1 saturated heterocycles. The molecule has 0 spiro atoms. The first-order chi connectivity index (χ1) is 14.2. The van der Waals surface area contributed by atoms with E-state index in [0.29, 0.717) is 17.0 Å². The molecule has 2 atom stereocenters. The number of anilines is 2. The summed E-state index contributed by atoms with van der Waals surface area (Å²) in [6.45, 7) is 4.17. The Kier molecular flexibility index (Phi) is 4.17. The normalized spacial score (nSPS) is 22.6. The van der Waals surface area contributed by atoms with Crippen molar-refractivity contribution in [3.8, 4) is 11.3 Å². The van der Waals surface area contributed by atoms with E-state index in [2.05, 4.69) is 15.0 Å². The second-order valence-electron chi connectivity index (χ2n) is 7.73. The van der Waals surface area contributed by atoms with Crippen LogP contribution < -0.4 is 10.6 Å². The van der Waals surface area contributed by atoms with Crippen LogP contribution in [0.4, 0.5) is 25.1 Å². The van der Waals surface area contributed by atoms with Gasteiger partial charge in [-0.2, -0.15) is 0 Å². The highest BCUT2D eigenvalue weighted by Gasteiger charge is 2.74. The Hall–Kier alpha value is -2.59. The molecule has 11 heteroatoms. The van der Waals surface area contributed by atoms with Crippen LogP contribution in [0.25, 0.3) is 22.3 Å². The number of nitrogen functional groups attached to an aromatic ring is 1. The first-order valence-electron chi connectivity index (χ1n) is 9.46. The van der Waals surface area contributed by atoms with Crippen LogP contribution in [-0.4, -0.2) is 50.7 Å². The number of halogens is 4. The number of nitrogens with two attached hydrogens (primary N) is 1. The van der Waals surface area contributed by atoms with Crippen molar-refractivity contribution >= 4 is 34.5 Å². The molecule has 5 rings (SSSR count). The van der Waals surface area contributed by atoms with Crippen molar-refractivity contribution in [2.45, 2.75) is 38.0 Å². The van der Waals surface area contributed by atoms with Crippen molar-refractivity contribution in [3.63, 3.8) is 0 Å². The van der Waals surface area contributed by atoms with Gasteiger partial charge in [0.1, 0.15) is 17.7 Å². The minimum Gasteiger partial charge on any atom is -0.368 e. The van der Waals surface area contributed by atoms with Gasteiger partial charge >= 0.3 is 0 Å². The molecule has 0 amide bonds. The molecule has 1 aromatic carbocycles. The lowest BCUT2D eigenvalue weighted by Gasteiger charge is -2.28. The number of hydrogen-bond acceptors (Lipinski definition) is 6. The molecule has 1 aliphatic heterocycles. The second kappa shape index (κ2) is 6.45. The van der Waals surface area contributed by atoms with Gasteiger partial charge in [0.15, 0.2) is 5.82 Å². The molecule has 1 aliphatic carbocycles. The fourth-order valence-electron chi connectivity index (χ4n) is 4.07. The zero-order valence-electron chi connectivity index (χ0n) is 16.1. The standard InChI is InChI=1S/C19H18ClF3N6O/c1-8(2)29-12-6-9(13-10(20)7-25-17(24)26-13)5-11(21)14(12)27-18(29)28-3-4-30-16-15(28)19(16,22)23/h5-8,15-16H,3-4H2,1-2H3,(H2,24,25,26).